The van der Waals surface area contributed by atoms with Gasteiger partial charge in [0.25, 0.3) is 0 Å². The Morgan fingerprint density at radius 2 is 1.73 bits per heavy atom. The van der Waals surface area contributed by atoms with Crippen molar-refractivity contribution in [1.29, 1.82) is 0 Å². The van der Waals surface area contributed by atoms with E-state index in [9.17, 15) is 18.0 Å². The lowest BCUT2D eigenvalue weighted by molar-refractivity contribution is -0.187. The van der Waals surface area contributed by atoms with Crippen LogP contribution in [-0.4, -0.2) is 51.4 Å². The number of ether oxygens (including phenoxy) is 3. The molecule has 0 aliphatic carbocycles. The third-order valence-corrected chi connectivity index (χ3v) is 4.34. The first-order valence-electron chi connectivity index (χ1n) is 8.13. The van der Waals surface area contributed by atoms with Crippen molar-refractivity contribution in [2.45, 2.75) is 19.0 Å². The second kappa shape index (κ2) is 8.33. The van der Waals surface area contributed by atoms with Crippen molar-refractivity contribution in [2.24, 2.45) is 5.92 Å². The minimum absolute atomic E-state index is 0.0560. The molecular weight excluding hydrogens is 351 g/mol. The molecular formula is C18H22F3NO4. The molecule has 0 N–H and O–H groups in total. The predicted octanol–water partition coefficient (Wildman–Crippen LogP) is 3.53. The van der Waals surface area contributed by atoms with Crippen molar-refractivity contribution < 1.29 is 32.2 Å². The van der Waals surface area contributed by atoms with Gasteiger partial charge in [-0.1, -0.05) is 0 Å². The third-order valence-electron chi connectivity index (χ3n) is 4.34. The van der Waals surface area contributed by atoms with Crippen molar-refractivity contribution >= 4 is 12.0 Å². The molecule has 26 heavy (non-hydrogen) atoms. The minimum Gasteiger partial charge on any atom is -0.496 e. The van der Waals surface area contributed by atoms with E-state index in [0.717, 1.165) is 0 Å². The smallest absolute Gasteiger partial charge is 0.393 e. The summed E-state index contributed by atoms with van der Waals surface area (Å²) in [5, 5.41) is 0. The largest absolute Gasteiger partial charge is 0.496 e. The molecule has 1 saturated heterocycles. The molecule has 0 radical (unpaired) electrons. The molecule has 2 rings (SSSR count). The van der Waals surface area contributed by atoms with Crippen LogP contribution < -0.4 is 14.2 Å². The zero-order chi connectivity index (χ0) is 19.3. The number of amides is 1. The van der Waals surface area contributed by atoms with Crippen LogP contribution in [0.15, 0.2) is 18.2 Å². The minimum atomic E-state index is -4.28. The lowest BCUT2D eigenvalue weighted by atomic mass is 9.97. The van der Waals surface area contributed by atoms with E-state index in [4.69, 9.17) is 14.2 Å². The fraction of sp³-hybridized carbons (Fsp3) is 0.500. The van der Waals surface area contributed by atoms with Gasteiger partial charge < -0.3 is 19.1 Å². The molecule has 1 aromatic rings. The van der Waals surface area contributed by atoms with Crippen LogP contribution in [-0.2, 0) is 4.79 Å². The highest BCUT2D eigenvalue weighted by atomic mass is 19.4. The number of nitrogens with zero attached hydrogens (tertiary/aromatic N) is 1. The van der Waals surface area contributed by atoms with E-state index < -0.39 is 18.0 Å². The van der Waals surface area contributed by atoms with Crippen molar-refractivity contribution in [1.82, 2.24) is 4.90 Å². The summed E-state index contributed by atoms with van der Waals surface area (Å²) in [5.74, 6) is -0.550. The topological polar surface area (TPSA) is 48.0 Å². The second-order valence-electron chi connectivity index (χ2n) is 5.95. The van der Waals surface area contributed by atoms with Gasteiger partial charge in [0.2, 0.25) is 5.91 Å². The maximum absolute atomic E-state index is 12.9. The Labute approximate surface area is 150 Å². The van der Waals surface area contributed by atoms with Gasteiger partial charge in [0.1, 0.15) is 5.75 Å². The number of hydrogen-bond donors (Lipinski definition) is 0. The molecule has 0 aromatic heterocycles. The summed E-state index contributed by atoms with van der Waals surface area (Å²) < 4.78 is 54.3. The van der Waals surface area contributed by atoms with Crippen LogP contribution >= 0.6 is 0 Å². The number of benzene rings is 1. The zero-order valence-corrected chi connectivity index (χ0v) is 14.9. The molecule has 1 atom stereocenters. The number of carbonyl (C=O) groups excluding carboxylic acids is 1. The first-order valence-corrected chi connectivity index (χ1v) is 8.13. The highest BCUT2D eigenvalue weighted by Crippen LogP contribution is 2.36. The molecule has 0 spiro atoms. The standard InChI is InChI=1S/C18H22F3NO4/c1-24-14-10-16(26-3)15(25-2)9-12(14)6-7-17(23)22-8-4-5-13(11-22)18(19,20)21/h6-7,9-10,13H,4-5,8,11H2,1-3H3/b7-6+. The Kier molecular flexibility index (Phi) is 6.39. The van der Waals surface area contributed by atoms with E-state index in [2.05, 4.69) is 0 Å². The van der Waals surface area contributed by atoms with E-state index in [1.54, 1.807) is 12.1 Å². The highest BCUT2D eigenvalue weighted by Gasteiger charge is 2.42. The van der Waals surface area contributed by atoms with Crippen molar-refractivity contribution in [3.05, 3.63) is 23.8 Å². The SMILES string of the molecule is COc1cc(OC)c(OC)cc1/C=C/C(=O)N1CCCC(C(F)(F)F)C1. The van der Waals surface area contributed by atoms with E-state index in [1.807, 2.05) is 0 Å². The van der Waals surface area contributed by atoms with Crippen LogP contribution in [0.5, 0.6) is 17.2 Å². The molecule has 1 aromatic carbocycles. The molecule has 1 amide bonds. The Bertz CT molecular complexity index is 673. The lowest BCUT2D eigenvalue weighted by Gasteiger charge is -2.33. The summed E-state index contributed by atoms with van der Waals surface area (Å²) in [6.45, 7) is 0.00850. The van der Waals surface area contributed by atoms with Crippen LogP contribution in [0.25, 0.3) is 6.08 Å². The number of hydrogen-bond acceptors (Lipinski definition) is 4. The Morgan fingerprint density at radius 1 is 1.12 bits per heavy atom. The number of rotatable bonds is 5. The first-order chi connectivity index (χ1) is 12.3. The third kappa shape index (κ3) is 4.62. The van der Waals surface area contributed by atoms with E-state index in [-0.39, 0.29) is 13.0 Å². The van der Waals surface area contributed by atoms with Gasteiger partial charge in [-0.25, -0.2) is 0 Å². The number of piperidine rings is 1. The van der Waals surface area contributed by atoms with Gasteiger partial charge in [0.05, 0.1) is 27.2 Å². The van der Waals surface area contributed by atoms with E-state index in [1.165, 1.54) is 38.4 Å². The molecule has 8 heteroatoms. The molecule has 1 aliphatic heterocycles. The molecule has 1 unspecified atom stereocenters. The van der Waals surface area contributed by atoms with E-state index in [0.29, 0.717) is 35.8 Å². The quantitative estimate of drug-likeness (QED) is 0.741. The average molecular weight is 373 g/mol. The van der Waals surface area contributed by atoms with Crippen LogP contribution in [0, 0.1) is 5.92 Å². The molecule has 1 aliphatic rings. The van der Waals surface area contributed by atoms with Gasteiger partial charge in [0, 0.05) is 30.8 Å². The fourth-order valence-electron chi connectivity index (χ4n) is 2.89. The highest BCUT2D eigenvalue weighted by molar-refractivity contribution is 5.92. The van der Waals surface area contributed by atoms with Gasteiger partial charge in [-0.3, -0.25) is 4.79 Å². The van der Waals surface area contributed by atoms with Crippen LogP contribution in [0.2, 0.25) is 0 Å². The molecule has 144 valence electrons. The summed E-state index contributed by atoms with van der Waals surface area (Å²) in [6.07, 6.45) is -1.14. The number of carbonyl (C=O) groups is 1. The molecule has 0 saturated carbocycles. The molecule has 1 heterocycles. The van der Waals surface area contributed by atoms with Gasteiger partial charge in [-0.2, -0.15) is 13.2 Å². The summed E-state index contributed by atoms with van der Waals surface area (Å²) in [4.78, 5) is 13.5. The summed E-state index contributed by atoms with van der Waals surface area (Å²) >= 11 is 0. The van der Waals surface area contributed by atoms with Crippen LogP contribution in [0.3, 0.4) is 0 Å². The molecule has 0 bridgehead atoms. The van der Waals surface area contributed by atoms with Gasteiger partial charge in [-0.05, 0) is 25.0 Å². The van der Waals surface area contributed by atoms with Crippen molar-refractivity contribution in [3.63, 3.8) is 0 Å². The van der Waals surface area contributed by atoms with Crippen LogP contribution in [0.4, 0.5) is 13.2 Å². The van der Waals surface area contributed by atoms with E-state index >= 15 is 0 Å². The normalized spacial score (nSPS) is 18.1. The predicted molar refractivity (Wildman–Crippen MR) is 90.5 cm³/mol. The van der Waals surface area contributed by atoms with Gasteiger partial charge in [-0.15, -0.1) is 0 Å². The number of alkyl halides is 3. The molecule has 5 nitrogen and oxygen atoms in total. The van der Waals surface area contributed by atoms with Crippen molar-refractivity contribution in [3.8, 4) is 17.2 Å². The Balaban J connectivity index is 2.17. The first kappa shape index (κ1) is 19.9. The fourth-order valence-corrected chi connectivity index (χ4v) is 2.89. The lowest BCUT2D eigenvalue weighted by Crippen LogP contribution is -2.44. The number of methoxy groups -OCH3 is 3. The Hall–Kier alpha value is -2.38. The number of likely N-dealkylation sites (tertiary alicyclic amines) is 1. The second-order valence-corrected chi connectivity index (χ2v) is 5.95. The Morgan fingerprint density at radius 3 is 2.31 bits per heavy atom. The number of halogens is 3. The van der Waals surface area contributed by atoms with Crippen LogP contribution in [0.1, 0.15) is 18.4 Å². The maximum atomic E-state index is 12.9. The summed E-state index contributed by atoms with van der Waals surface area (Å²) in [6, 6.07) is 3.25. The van der Waals surface area contributed by atoms with Gasteiger partial charge in [0.15, 0.2) is 11.5 Å². The zero-order valence-electron chi connectivity index (χ0n) is 14.9. The average Bonchev–Trinajstić information content (AvgIpc) is 2.64. The monoisotopic (exact) mass is 373 g/mol. The molecule has 1 fully saturated rings. The summed E-state index contributed by atoms with van der Waals surface area (Å²) in [7, 11) is 4.44. The maximum Gasteiger partial charge on any atom is 0.393 e. The van der Waals surface area contributed by atoms with Crippen molar-refractivity contribution in [2.75, 3.05) is 34.4 Å². The van der Waals surface area contributed by atoms with Gasteiger partial charge >= 0.3 is 6.18 Å². The summed E-state index contributed by atoms with van der Waals surface area (Å²) in [5.41, 5.74) is 0.558.